The van der Waals surface area contributed by atoms with Crippen molar-refractivity contribution < 1.29 is 13.6 Å². The number of hydrogen-bond acceptors (Lipinski definition) is 2. The number of nitrogens with one attached hydrogen (secondary N) is 1. The molecule has 72 valence electrons. The smallest absolute Gasteiger partial charge is 0.251 e. The summed E-state index contributed by atoms with van der Waals surface area (Å²) in [5.74, 6) is -3.07. The van der Waals surface area contributed by atoms with Gasteiger partial charge in [0.25, 0.3) is 5.91 Å². The highest BCUT2D eigenvalue weighted by molar-refractivity contribution is 6.04. The predicted octanol–water partition coefficient (Wildman–Crippen LogP) is 0.940. The Hall–Kier alpha value is -1.98. The number of hydrogen-bond donors (Lipinski definition) is 2. The second-order valence-corrected chi connectivity index (χ2v) is 2.71. The van der Waals surface area contributed by atoms with Gasteiger partial charge in [0.15, 0.2) is 11.6 Å². The zero-order valence-corrected chi connectivity index (χ0v) is 6.84. The molecule has 0 fully saturated rings. The number of benzene rings is 1. The number of fused-ring (bicyclic) bond motifs is 1. The number of carbonyl (C=O) groups excluding carboxylic acids is 1. The molecule has 2 rings (SSSR count). The van der Waals surface area contributed by atoms with E-state index in [0.717, 1.165) is 6.07 Å². The first-order valence-corrected chi connectivity index (χ1v) is 3.72. The fraction of sp³-hybridized carbons (Fsp3) is 0. The van der Waals surface area contributed by atoms with Crippen LogP contribution in [-0.4, -0.2) is 15.9 Å². The van der Waals surface area contributed by atoms with Crippen molar-refractivity contribution in [1.82, 2.24) is 9.97 Å². The van der Waals surface area contributed by atoms with E-state index in [1.54, 1.807) is 0 Å². The van der Waals surface area contributed by atoms with E-state index < -0.39 is 17.5 Å². The molecule has 0 aliphatic carbocycles. The molecule has 6 heteroatoms. The summed E-state index contributed by atoms with van der Waals surface area (Å²) in [4.78, 5) is 16.9. The monoisotopic (exact) mass is 197 g/mol. The van der Waals surface area contributed by atoms with E-state index in [2.05, 4.69) is 9.97 Å². The highest BCUT2D eigenvalue weighted by Gasteiger charge is 2.16. The third kappa shape index (κ3) is 1.04. The molecule has 1 aromatic heterocycles. The molecule has 2 aromatic rings. The van der Waals surface area contributed by atoms with Crippen LogP contribution in [0.4, 0.5) is 8.78 Å². The molecule has 1 aromatic carbocycles. The zero-order valence-electron chi connectivity index (χ0n) is 6.84. The lowest BCUT2D eigenvalue weighted by atomic mass is 10.1. The molecule has 0 spiro atoms. The molecule has 3 N–H and O–H groups in total. The molecule has 0 bridgehead atoms. The van der Waals surface area contributed by atoms with E-state index in [-0.39, 0.29) is 16.6 Å². The Balaban J connectivity index is 2.91. The molecule has 0 saturated carbocycles. The lowest BCUT2D eigenvalue weighted by Gasteiger charge is -1.99. The van der Waals surface area contributed by atoms with Gasteiger partial charge in [0, 0.05) is 0 Å². The number of aromatic nitrogens is 2. The Morgan fingerprint density at radius 1 is 1.50 bits per heavy atom. The van der Waals surface area contributed by atoms with Crippen molar-refractivity contribution in [2.24, 2.45) is 5.73 Å². The van der Waals surface area contributed by atoms with Gasteiger partial charge in [-0.15, -0.1) is 0 Å². The lowest BCUT2D eigenvalue weighted by Crippen LogP contribution is -2.12. The quantitative estimate of drug-likeness (QED) is 0.714. The lowest BCUT2D eigenvalue weighted by molar-refractivity contribution is 0.100. The minimum atomic E-state index is -1.14. The van der Waals surface area contributed by atoms with Crippen LogP contribution in [0.25, 0.3) is 11.0 Å². The van der Waals surface area contributed by atoms with Crippen LogP contribution < -0.4 is 5.73 Å². The van der Waals surface area contributed by atoms with Gasteiger partial charge in [-0.1, -0.05) is 0 Å². The van der Waals surface area contributed by atoms with Crippen LogP contribution in [0.1, 0.15) is 10.4 Å². The van der Waals surface area contributed by atoms with Gasteiger partial charge in [-0.25, -0.2) is 13.8 Å². The van der Waals surface area contributed by atoms with Crippen LogP contribution in [0.3, 0.4) is 0 Å². The van der Waals surface area contributed by atoms with E-state index in [4.69, 9.17) is 5.73 Å². The van der Waals surface area contributed by atoms with E-state index in [0.29, 0.717) is 0 Å². The summed E-state index contributed by atoms with van der Waals surface area (Å²) in [6, 6.07) is 0.748. The maximum absolute atomic E-state index is 13.1. The minimum absolute atomic E-state index is 0.108. The van der Waals surface area contributed by atoms with E-state index in [1.807, 2.05) is 0 Å². The number of primary amides is 1. The average Bonchev–Trinajstić information content (AvgIpc) is 2.59. The molecule has 0 saturated heterocycles. The molecule has 0 radical (unpaired) electrons. The van der Waals surface area contributed by atoms with E-state index >= 15 is 0 Å². The molecule has 4 nitrogen and oxygen atoms in total. The normalized spacial score (nSPS) is 10.7. The predicted molar refractivity (Wildman–Crippen MR) is 44.5 cm³/mol. The molecule has 0 aliphatic rings. The SMILES string of the molecule is NC(=O)c1cc(F)c(F)c2nc[nH]c12. The largest absolute Gasteiger partial charge is 0.366 e. The van der Waals surface area contributed by atoms with Crippen LogP contribution in [-0.2, 0) is 0 Å². The topological polar surface area (TPSA) is 71.8 Å². The molecular formula is C8H5F2N3O. The number of nitrogens with two attached hydrogens (primary N) is 1. The second-order valence-electron chi connectivity index (χ2n) is 2.71. The van der Waals surface area contributed by atoms with Crippen LogP contribution >= 0.6 is 0 Å². The van der Waals surface area contributed by atoms with Crippen LogP contribution in [0.5, 0.6) is 0 Å². The number of amides is 1. The van der Waals surface area contributed by atoms with Gasteiger partial charge in [0.05, 0.1) is 17.4 Å². The first-order chi connectivity index (χ1) is 6.61. The third-order valence-electron chi connectivity index (χ3n) is 1.86. The summed E-state index contributed by atoms with van der Waals surface area (Å²) in [6.07, 6.45) is 1.17. The number of rotatable bonds is 1. The summed E-state index contributed by atoms with van der Waals surface area (Å²) in [5, 5.41) is 0. The average molecular weight is 197 g/mol. The molecule has 0 unspecified atom stereocenters. The van der Waals surface area contributed by atoms with Gasteiger partial charge in [-0.2, -0.15) is 0 Å². The number of nitrogens with zero attached hydrogens (tertiary/aromatic N) is 1. The Morgan fingerprint density at radius 2 is 2.21 bits per heavy atom. The number of H-pyrrole nitrogens is 1. The fourth-order valence-electron chi connectivity index (χ4n) is 1.24. The van der Waals surface area contributed by atoms with E-state index in [1.165, 1.54) is 6.33 Å². The Labute approximate surface area is 76.7 Å². The Kier molecular flexibility index (Phi) is 1.70. The second kappa shape index (κ2) is 2.76. The third-order valence-corrected chi connectivity index (χ3v) is 1.86. The van der Waals surface area contributed by atoms with Crippen LogP contribution in [0.15, 0.2) is 12.4 Å². The molecule has 1 heterocycles. The van der Waals surface area contributed by atoms with Crippen molar-refractivity contribution in [2.75, 3.05) is 0 Å². The number of halogens is 2. The van der Waals surface area contributed by atoms with Crippen molar-refractivity contribution in [3.63, 3.8) is 0 Å². The van der Waals surface area contributed by atoms with Gasteiger partial charge in [0.2, 0.25) is 0 Å². The van der Waals surface area contributed by atoms with Crippen LogP contribution in [0, 0.1) is 11.6 Å². The van der Waals surface area contributed by atoms with Crippen molar-refractivity contribution in [1.29, 1.82) is 0 Å². The number of imidazole rings is 1. The minimum Gasteiger partial charge on any atom is -0.366 e. The molecular weight excluding hydrogens is 192 g/mol. The fourth-order valence-corrected chi connectivity index (χ4v) is 1.24. The highest BCUT2D eigenvalue weighted by Crippen LogP contribution is 2.20. The van der Waals surface area contributed by atoms with Gasteiger partial charge >= 0.3 is 0 Å². The van der Waals surface area contributed by atoms with Gasteiger partial charge < -0.3 is 10.7 Å². The Bertz CT molecular complexity index is 521. The first-order valence-electron chi connectivity index (χ1n) is 3.72. The molecule has 14 heavy (non-hydrogen) atoms. The van der Waals surface area contributed by atoms with E-state index in [9.17, 15) is 13.6 Å². The summed E-state index contributed by atoms with van der Waals surface area (Å²) in [6.45, 7) is 0. The number of carbonyl (C=O) groups is 1. The maximum atomic E-state index is 13.1. The molecule has 0 atom stereocenters. The van der Waals surface area contributed by atoms with Crippen molar-refractivity contribution in [3.05, 3.63) is 29.6 Å². The van der Waals surface area contributed by atoms with Gasteiger partial charge in [-0.3, -0.25) is 4.79 Å². The van der Waals surface area contributed by atoms with Crippen molar-refractivity contribution in [3.8, 4) is 0 Å². The van der Waals surface area contributed by atoms with Crippen LogP contribution in [0.2, 0.25) is 0 Å². The Morgan fingerprint density at radius 3 is 2.86 bits per heavy atom. The summed E-state index contributed by atoms with van der Waals surface area (Å²) in [7, 11) is 0. The molecule has 0 aliphatic heterocycles. The first kappa shape index (κ1) is 8.61. The summed E-state index contributed by atoms with van der Waals surface area (Å²) < 4.78 is 26.0. The summed E-state index contributed by atoms with van der Waals surface area (Å²) >= 11 is 0. The zero-order chi connectivity index (χ0) is 10.3. The highest BCUT2D eigenvalue weighted by atomic mass is 19.2. The summed E-state index contributed by atoms with van der Waals surface area (Å²) in [5.41, 5.74) is 4.75. The van der Waals surface area contributed by atoms with Crippen molar-refractivity contribution >= 4 is 16.9 Å². The molecule has 1 amide bonds. The van der Waals surface area contributed by atoms with Gasteiger partial charge in [-0.05, 0) is 6.07 Å². The number of aromatic amines is 1. The van der Waals surface area contributed by atoms with Gasteiger partial charge in [0.1, 0.15) is 5.52 Å². The van der Waals surface area contributed by atoms with Crippen molar-refractivity contribution in [2.45, 2.75) is 0 Å². The maximum Gasteiger partial charge on any atom is 0.251 e. The standard InChI is InChI=1S/C8H5F2N3O/c9-4-1-3(8(11)14)6-7(5(4)10)13-2-12-6/h1-2H,(H2,11,14)(H,12,13).